The van der Waals surface area contributed by atoms with E-state index in [1.807, 2.05) is 0 Å². The molecular formula is C25H38O8. The van der Waals surface area contributed by atoms with E-state index in [2.05, 4.69) is 13.8 Å². The number of ether oxygens (including phenoxy) is 2. The van der Waals surface area contributed by atoms with Crippen molar-refractivity contribution < 1.29 is 39.5 Å². The molecule has 5 fully saturated rings. The zero-order valence-corrected chi connectivity index (χ0v) is 19.6. The van der Waals surface area contributed by atoms with Crippen LogP contribution < -0.4 is 0 Å². The number of carbonyl (C=O) groups is 2. The van der Waals surface area contributed by atoms with Gasteiger partial charge in [0.05, 0.1) is 0 Å². The molecule has 33 heavy (non-hydrogen) atoms. The van der Waals surface area contributed by atoms with Crippen molar-refractivity contribution in [3.05, 3.63) is 0 Å². The molecule has 1 saturated heterocycles. The molecule has 8 heteroatoms. The van der Waals surface area contributed by atoms with Gasteiger partial charge in [-0.15, -0.1) is 0 Å². The molecule has 0 spiro atoms. The van der Waals surface area contributed by atoms with E-state index < -0.39 is 36.7 Å². The maximum Gasteiger partial charge on any atom is 0.338 e. The maximum absolute atomic E-state index is 12.7. The predicted octanol–water partition coefficient (Wildman–Crippen LogP) is 1.31. The summed E-state index contributed by atoms with van der Waals surface area (Å²) >= 11 is 0. The molecule has 5 rings (SSSR count). The van der Waals surface area contributed by atoms with Crippen molar-refractivity contribution in [2.45, 2.75) is 108 Å². The number of ketones is 1. The zero-order chi connectivity index (χ0) is 23.7. The van der Waals surface area contributed by atoms with E-state index in [0.717, 1.165) is 57.8 Å². The zero-order valence-electron chi connectivity index (χ0n) is 19.6. The van der Waals surface area contributed by atoms with Gasteiger partial charge in [-0.1, -0.05) is 13.8 Å². The van der Waals surface area contributed by atoms with E-state index in [0.29, 0.717) is 29.5 Å². The van der Waals surface area contributed by atoms with E-state index in [-0.39, 0.29) is 16.9 Å². The van der Waals surface area contributed by atoms with Crippen molar-refractivity contribution >= 4 is 11.8 Å². The Labute approximate surface area is 194 Å². The fourth-order valence-corrected chi connectivity index (χ4v) is 8.38. The second kappa shape index (κ2) is 8.26. The van der Waals surface area contributed by atoms with Crippen LogP contribution in [0, 0.1) is 34.5 Å². The van der Waals surface area contributed by atoms with Gasteiger partial charge < -0.3 is 29.9 Å². The number of hydrogen-bond donors (Lipinski definition) is 4. The number of hydrogen-bond acceptors (Lipinski definition) is 8. The molecule has 1 aliphatic heterocycles. The summed E-state index contributed by atoms with van der Waals surface area (Å²) in [5, 5.41) is 39.3. The minimum atomic E-state index is -1.76. The van der Waals surface area contributed by atoms with Gasteiger partial charge in [0.25, 0.3) is 0 Å². The van der Waals surface area contributed by atoms with Crippen LogP contribution in [0.4, 0.5) is 0 Å². The smallest absolute Gasteiger partial charge is 0.338 e. The highest BCUT2D eigenvalue weighted by Gasteiger charge is 2.60. The molecule has 0 bridgehead atoms. The van der Waals surface area contributed by atoms with E-state index in [4.69, 9.17) is 9.47 Å². The lowest BCUT2D eigenvalue weighted by Crippen LogP contribution is -2.60. The fourth-order valence-electron chi connectivity index (χ4n) is 8.38. The summed E-state index contributed by atoms with van der Waals surface area (Å²) in [6.45, 7) is 4.59. The van der Waals surface area contributed by atoms with Crippen molar-refractivity contribution in [1.82, 2.24) is 0 Å². The Balaban J connectivity index is 1.24. The summed E-state index contributed by atoms with van der Waals surface area (Å²) in [4.78, 5) is 25.3. The number of Topliss-reactive ketones (excluding diaryl/α,β-unsaturated/α-hetero) is 1. The Kier molecular flexibility index (Phi) is 5.93. The fraction of sp³-hybridized carbons (Fsp3) is 0.920. The van der Waals surface area contributed by atoms with Crippen LogP contribution in [0.1, 0.15) is 71.6 Å². The molecule has 5 aliphatic rings. The molecule has 12 atom stereocenters. The van der Waals surface area contributed by atoms with Gasteiger partial charge in [-0.2, -0.15) is 0 Å². The van der Waals surface area contributed by atoms with Crippen LogP contribution in [0.15, 0.2) is 0 Å². The minimum absolute atomic E-state index is 0.124. The lowest BCUT2D eigenvalue weighted by atomic mass is 9.45. The highest BCUT2D eigenvalue weighted by Crippen LogP contribution is 2.65. The average molecular weight is 467 g/mol. The minimum Gasteiger partial charge on any atom is -0.460 e. The number of carbonyl (C=O) groups excluding carboxylic acids is 2. The summed E-state index contributed by atoms with van der Waals surface area (Å²) < 4.78 is 10.7. The number of rotatable bonds is 2. The maximum atomic E-state index is 12.7. The van der Waals surface area contributed by atoms with Gasteiger partial charge in [0.15, 0.2) is 12.4 Å². The summed E-state index contributed by atoms with van der Waals surface area (Å²) in [5.41, 5.74) is 0.0524. The summed E-state index contributed by atoms with van der Waals surface area (Å²) in [6.07, 6.45) is -0.135. The van der Waals surface area contributed by atoms with Gasteiger partial charge in [0.1, 0.15) is 30.2 Å². The monoisotopic (exact) mass is 466 g/mol. The van der Waals surface area contributed by atoms with Gasteiger partial charge in [-0.05, 0) is 80.5 Å². The molecule has 186 valence electrons. The normalized spacial score (nSPS) is 54.2. The van der Waals surface area contributed by atoms with E-state index >= 15 is 0 Å². The molecule has 0 aromatic carbocycles. The Morgan fingerprint density at radius 3 is 2.45 bits per heavy atom. The third-order valence-electron chi connectivity index (χ3n) is 10.4. The van der Waals surface area contributed by atoms with E-state index in [1.165, 1.54) is 0 Å². The summed E-state index contributed by atoms with van der Waals surface area (Å²) in [5.74, 6) is 1.80. The molecule has 1 heterocycles. The molecule has 8 nitrogen and oxygen atoms in total. The van der Waals surface area contributed by atoms with Crippen molar-refractivity contribution in [1.29, 1.82) is 0 Å². The van der Waals surface area contributed by atoms with E-state index in [9.17, 15) is 30.0 Å². The van der Waals surface area contributed by atoms with Gasteiger partial charge >= 0.3 is 5.97 Å². The molecular weight excluding hydrogens is 428 g/mol. The van der Waals surface area contributed by atoms with Crippen LogP contribution >= 0.6 is 0 Å². The molecule has 0 radical (unpaired) electrons. The highest BCUT2D eigenvalue weighted by molar-refractivity contribution is 5.87. The molecule has 4 saturated carbocycles. The largest absolute Gasteiger partial charge is 0.460 e. The Bertz CT molecular complexity index is 801. The third kappa shape index (κ3) is 3.59. The van der Waals surface area contributed by atoms with Gasteiger partial charge in [-0.25, -0.2) is 4.79 Å². The topological polar surface area (TPSA) is 134 Å². The van der Waals surface area contributed by atoms with Crippen LogP contribution in [-0.2, 0) is 19.1 Å². The van der Waals surface area contributed by atoms with Crippen LogP contribution in [0.2, 0.25) is 0 Å². The van der Waals surface area contributed by atoms with Crippen molar-refractivity contribution in [2.75, 3.05) is 0 Å². The molecule has 0 aromatic rings. The van der Waals surface area contributed by atoms with Gasteiger partial charge in [0.2, 0.25) is 0 Å². The number of fused-ring (bicyclic) bond motifs is 5. The Morgan fingerprint density at radius 2 is 1.70 bits per heavy atom. The van der Waals surface area contributed by atoms with Crippen LogP contribution in [0.5, 0.6) is 0 Å². The second-order valence-corrected chi connectivity index (χ2v) is 11.8. The van der Waals surface area contributed by atoms with Crippen LogP contribution in [0.25, 0.3) is 0 Å². The van der Waals surface area contributed by atoms with Gasteiger partial charge in [-0.3, -0.25) is 4.79 Å². The van der Waals surface area contributed by atoms with Crippen molar-refractivity contribution in [3.63, 3.8) is 0 Å². The Morgan fingerprint density at radius 1 is 0.939 bits per heavy atom. The first-order valence-corrected chi connectivity index (χ1v) is 12.7. The van der Waals surface area contributed by atoms with Crippen molar-refractivity contribution in [2.24, 2.45) is 34.5 Å². The van der Waals surface area contributed by atoms with Gasteiger partial charge in [0, 0.05) is 11.8 Å². The number of aliphatic hydroxyl groups is 4. The molecule has 4 N–H and O–H groups in total. The van der Waals surface area contributed by atoms with E-state index in [1.54, 1.807) is 0 Å². The average Bonchev–Trinajstić information content (AvgIpc) is 3.09. The molecule has 0 aromatic heterocycles. The quantitative estimate of drug-likeness (QED) is 0.448. The number of esters is 1. The Hall–Kier alpha value is -1.06. The molecule has 4 aliphatic carbocycles. The first-order chi connectivity index (χ1) is 15.6. The lowest BCUT2D eigenvalue weighted by molar-refractivity contribution is -0.282. The summed E-state index contributed by atoms with van der Waals surface area (Å²) in [7, 11) is 0. The van der Waals surface area contributed by atoms with Crippen LogP contribution in [-0.4, -0.2) is 69.0 Å². The van der Waals surface area contributed by atoms with Crippen molar-refractivity contribution in [3.8, 4) is 0 Å². The highest BCUT2D eigenvalue weighted by atomic mass is 16.7. The summed E-state index contributed by atoms with van der Waals surface area (Å²) in [6, 6.07) is 0. The third-order valence-corrected chi connectivity index (χ3v) is 10.4. The van der Waals surface area contributed by atoms with Crippen LogP contribution in [0.3, 0.4) is 0 Å². The molecule has 0 unspecified atom stereocenters. The standard InChI is InChI=1S/C25H38O8/c1-24-9-7-13(32-23(31)21-19(28)18(27)20(29)22(30)33-21)11-12(24)3-4-14-15-5-6-17(26)25(15,2)10-8-16(14)24/h12-16,18-22,27-30H,3-11H2,1-2H3/t12-,13-,14+,15+,16+,18+,19+,20-,21+,22-,24+,25+/m1/s1. The lowest BCUT2D eigenvalue weighted by Gasteiger charge is -2.60. The predicted molar refractivity (Wildman–Crippen MR) is 116 cm³/mol. The number of aliphatic hydroxyl groups excluding tert-OH is 4. The SMILES string of the molecule is C[C@]12CC[C@@H](OC(=O)[C@H]3O[C@@H](O)[C@H](O)[C@@H](O)[C@@H]3O)C[C@H]1CC[C@@H]1[C@@H]2CC[C@]2(C)C(=O)CC[C@@H]12. The first-order valence-electron chi connectivity index (χ1n) is 12.7. The first kappa shape index (κ1) is 23.7. The second-order valence-electron chi connectivity index (χ2n) is 11.8. The molecule has 0 amide bonds.